The molecule has 0 atom stereocenters. The predicted octanol–water partition coefficient (Wildman–Crippen LogP) is 5.08. The highest BCUT2D eigenvalue weighted by Gasteiger charge is 2.09. The molecule has 3 rings (SSSR count). The molecule has 0 saturated carbocycles. The zero-order valence-corrected chi connectivity index (χ0v) is 13.3. The van der Waals surface area contributed by atoms with Gasteiger partial charge in [-0.2, -0.15) is 0 Å². The van der Waals surface area contributed by atoms with Crippen LogP contribution in [-0.4, -0.2) is 12.6 Å². The number of carbonyl (C=O) groups excluding carboxylic acids is 1. The Morgan fingerprint density at radius 2 is 1.21 bits per heavy atom. The van der Waals surface area contributed by atoms with Crippen molar-refractivity contribution in [2.24, 2.45) is 0 Å². The second-order valence-corrected chi connectivity index (χ2v) is 5.39. The normalized spacial score (nSPS) is 11.1. The van der Waals surface area contributed by atoms with Crippen molar-refractivity contribution in [1.82, 2.24) is 0 Å². The van der Waals surface area contributed by atoms with Gasteiger partial charge < -0.3 is 4.74 Å². The van der Waals surface area contributed by atoms with Crippen molar-refractivity contribution in [1.29, 1.82) is 0 Å². The average molecular weight is 314 g/mol. The van der Waals surface area contributed by atoms with Gasteiger partial charge in [0.2, 0.25) is 0 Å². The van der Waals surface area contributed by atoms with E-state index in [1.807, 2.05) is 84.9 Å². The summed E-state index contributed by atoms with van der Waals surface area (Å²) in [6.07, 6.45) is 2.05. The molecule has 3 aromatic rings. The Morgan fingerprint density at radius 3 is 1.79 bits per heavy atom. The van der Waals surface area contributed by atoms with Crippen LogP contribution < -0.4 is 0 Å². The molecule has 0 N–H and O–H groups in total. The van der Waals surface area contributed by atoms with Crippen molar-refractivity contribution >= 4 is 17.6 Å². The van der Waals surface area contributed by atoms with Gasteiger partial charge in [0.25, 0.3) is 0 Å². The van der Waals surface area contributed by atoms with E-state index >= 15 is 0 Å². The van der Waals surface area contributed by atoms with E-state index in [4.69, 9.17) is 4.74 Å². The molecule has 0 aliphatic rings. The summed E-state index contributed by atoms with van der Waals surface area (Å²) in [6.45, 7) is 0.229. The third kappa shape index (κ3) is 4.20. The first-order chi connectivity index (χ1) is 11.8. The molecule has 2 nitrogen and oxygen atoms in total. The van der Waals surface area contributed by atoms with E-state index in [1.54, 1.807) is 12.1 Å². The van der Waals surface area contributed by atoms with E-state index in [0.29, 0.717) is 5.56 Å². The van der Waals surface area contributed by atoms with Gasteiger partial charge in [-0.1, -0.05) is 78.9 Å². The summed E-state index contributed by atoms with van der Waals surface area (Å²) in [4.78, 5) is 12.2. The average Bonchev–Trinajstić information content (AvgIpc) is 2.67. The maximum atomic E-state index is 12.2. The molecule has 0 radical (unpaired) electrons. The Labute approximate surface area is 142 Å². The van der Waals surface area contributed by atoms with Gasteiger partial charge in [0.15, 0.2) is 0 Å². The fourth-order valence-electron chi connectivity index (χ4n) is 2.41. The van der Waals surface area contributed by atoms with Crippen LogP contribution in [0.2, 0.25) is 0 Å². The highest BCUT2D eigenvalue weighted by molar-refractivity contribution is 5.91. The number of hydrogen-bond donors (Lipinski definition) is 0. The van der Waals surface area contributed by atoms with Crippen LogP contribution in [0.4, 0.5) is 0 Å². The Morgan fingerprint density at radius 1 is 0.708 bits per heavy atom. The molecule has 0 amide bonds. The Kier molecular flexibility index (Phi) is 5.21. The van der Waals surface area contributed by atoms with Gasteiger partial charge in [-0.15, -0.1) is 0 Å². The second kappa shape index (κ2) is 7.93. The van der Waals surface area contributed by atoms with E-state index in [-0.39, 0.29) is 12.6 Å². The van der Waals surface area contributed by atoms with Gasteiger partial charge in [0.05, 0.1) is 5.56 Å². The SMILES string of the molecule is O=C(OC/C(=C/c1ccccc1)c1ccccc1)c1ccccc1. The lowest BCUT2D eigenvalue weighted by Crippen LogP contribution is -2.07. The lowest BCUT2D eigenvalue weighted by atomic mass is 10.0. The summed E-state index contributed by atoms with van der Waals surface area (Å²) in [5, 5.41) is 0. The minimum absolute atomic E-state index is 0.229. The Hall–Kier alpha value is -3.13. The number of esters is 1. The quantitative estimate of drug-likeness (QED) is 0.484. The number of carbonyl (C=O) groups is 1. The maximum absolute atomic E-state index is 12.2. The van der Waals surface area contributed by atoms with Crippen molar-refractivity contribution in [3.63, 3.8) is 0 Å². The molecule has 24 heavy (non-hydrogen) atoms. The van der Waals surface area contributed by atoms with Crippen molar-refractivity contribution in [2.45, 2.75) is 0 Å². The third-order valence-electron chi connectivity index (χ3n) is 3.65. The van der Waals surface area contributed by atoms with E-state index in [0.717, 1.165) is 16.7 Å². The highest BCUT2D eigenvalue weighted by atomic mass is 16.5. The smallest absolute Gasteiger partial charge is 0.338 e. The van der Waals surface area contributed by atoms with E-state index < -0.39 is 0 Å². The summed E-state index contributed by atoms with van der Waals surface area (Å²) in [5.41, 5.74) is 3.64. The molecule has 0 aliphatic heterocycles. The van der Waals surface area contributed by atoms with Gasteiger partial charge in [0, 0.05) is 0 Å². The molecule has 0 aliphatic carbocycles. The molecule has 3 aromatic carbocycles. The molecule has 2 heteroatoms. The molecular formula is C22H18O2. The lowest BCUT2D eigenvalue weighted by molar-refractivity contribution is 0.0557. The molecule has 0 bridgehead atoms. The van der Waals surface area contributed by atoms with Crippen molar-refractivity contribution in [3.05, 3.63) is 108 Å². The molecule has 118 valence electrons. The van der Waals surface area contributed by atoms with E-state index in [2.05, 4.69) is 0 Å². The number of hydrogen-bond acceptors (Lipinski definition) is 2. The van der Waals surface area contributed by atoms with Crippen LogP contribution in [0.3, 0.4) is 0 Å². The van der Waals surface area contributed by atoms with Gasteiger partial charge in [0.1, 0.15) is 6.61 Å². The molecule has 0 unspecified atom stereocenters. The molecule has 0 heterocycles. The second-order valence-electron chi connectivity index (χ2n) is 5.39. The molecule has 0 aromatic heterocycles. The summed E-state index contributed by atoms with van der Waals surface area (Å²) in [5.74, 6) is -0.314. The fraction of sp³-hybridized carbons (Fsp3) is 0.0455. The number of ether oxygens (including phenoxy) is 1. The van der Waals surface area contributed by atoms with Crippen LogP contribution >= 0.6 is 0 Å². The zero-order valence-electron chi connectivity index (χ0n) is 13.3. The van der Waals surface area contributed by atoms with Crippen LogP contribution in [0, 0.1) is 0 Å². The molecule has 0 saturated heterocycles. The first kappa shape index (κ1) is 15.8. The lowest BCUT2D eigenvalue weighted by Gasteiger charge is -2.10. The van der Waals surface area contributed by atoms with Crippen molar-refractivity contribution in [3.8, 4) is 0 Å². The summed E-state index contributed by atoms with van der Waals surface area (Å²) in [6, 6.07) is 29.0. The molecular weight excluding hydrogens is 296 g/mol. The Bertz CT molecular complexity index is 806. The minimum Gasteiger partial charge on any atom is -0.457 e. The summed E-state index contributed by atoms with van der Waals surface area (Å²) in [7, 11) is 0. The van der Waals surface area contributed by atoms with Crippen LogP contribution in [0.1, 0.15) is 21.5 Å². The topological polar surface area (TPSA) is 26.3 Å². The first-order valence-electron chi connectivity index (χ1n) is 7.86. The van der Waals surface area contributed by atoms with Gasteiger partial charge in [-0.3, -0.25) is 0 Å². The van der Waals surface area contributed by atoms with Crippen LogP contribution in [0.5, 0.6) is 0 Å². The van der Waals surface area contributed by atoms with Crippen LogP contribution in [-0.2, 0) is 4.74 Å². The van der Waals surface area contributed by atoms with Gasteiger partial charge >= 0.3 is 5.97 Å². The summed E-state index contributed by atoms with van der Waals surface area (Å²) < 4.78 is 5.51. The van der Waals surface area contributed by atoms with E-state index in [9.17, 15) is 4.79 Å². The summed E-state index contributed by atoms with van der Waals surface area (Å²) >= 11 is 0. The monoisotopic (exact) mass is 314 g/mol. The first-order valence-corrected chi connectivity index (χ1v) is 7.86. The van der Waals surface area contributed by atoms with Crippen molar-refractivity contribution in [2.75, 3.05) is 6.61 Å². The van der Waals surface area contributed by atoms with Gasteiger partial charge in [-0.05, 0) is 34.9 Å². The predicted molar refractivity (Wildman–Crippen MR) is 97.5 cm³/mol. The standard InChI is InChI=1S/C22H18O2/c23-22(20-14-8-3-9-15-20)24-17-21(19-12-6-2-7-13-19)16-18-10-4-1-5-11-18/h1-16H,17H2/b21-16-. The minimum atomic E-state index is -0.314. The van der Waals surface area contributed by atoms with Crippen LogP contribution in [0.25, 0.3) is 11.6 Å². The Balaban J connectivity index is 1.81. The zero-order chi connectivity index (χ0) is 16.6. The largest absolute Gasteiger partial charge is 0.457 e. The van der Waals surface area contributed by atoms with Crippen molar-refractivity contribution < 1.29 is 9.53 Å². The van der Waals surface area contributed by atoms with Crippen LogP contribution in [0.15, 0.2) is 91.0 Å². The van der Waals surface area contributed by atoms with E-state index in [1.165, 1.54) is 0 Å². The maximum Gasteiger partial charge on any atom is 0.338 e. The highest BCUT2D eigenvalue weighted by Crippen LogP contribution is 2.19. The molecule has 0 fully saturated rings. The number of benzene rings is 3. The number of rotatable bonds is 5. The fourth-order valence-corrected chi connectivity index (χ4v) is 2.41. The third-order valence-corrected chi connectivity index (χ3v) is 3.65. The molecule has 0 spiro atoms. The van der Waals surface area contributed by atoms with Gasteiger partial charge in [-0.25, -0.2) is 4.79 Å².